The molecule has 0 N–H and O–H groups in total. The van der Waals surface area contributed by atoms with Gasteiger partial charge in [0.2, 0.25) is 0 Å². The Morgan fingerprint density at radius 2 is 0.694 bits per heavy atom. The number of likely N-dealkylation sites (tertiary alicyclic amines) is 1. The lowest BCUT2D eigenvalue weighted by atomic mass is 10.0. The second-order valence-corrected chi connectivity index (χ2v) is 21.8. The zero-order chi connectivity index (χ0) is 52.4. The van der Waals surface area contributed by atoms with Gasteiger partial charge in [-0.05, 0) is 155 Å². The summed E-state index contributed by atoms with van der Waals surface area (Å²) in [6.45, 7) is 16.0. The number of carbonyl (C=O) groups is 4. The van der Waals surface area contributed by atoms with Crippen LogP contribution in [-0.2, 0) is 33.3 Å². The number of nitrogens with zero attached hydrogens (tertiary/aromatic N) is 2. The molecule has 1 amide bonds. The highest BCUT2D eigenvalue weighted by atomic mass is 16.6. The summed E-state index contributed by atoms with van der Waals surface area (Å²) in [5.74, 6) is -0.176. The van der Waals surface area contributed by atoms with E-state index >= 15 is 0 Å². The number of hydrogen-bond acceptors (Lipinski definition) is 9. The summed E-state index contributed by atoms with van der Waals surface area (Å²) in [5.41, 5.74) is 0. The maximum atomic E-state index is 14.0. The van der Waals surface area contributed by atoms with Gasteiger partial charge in [0.25, 0.3) is 0 Å². The van der Waals surface area contributed by atoms with Crippen molar-refractivity contribution >= 4 is 24.0 Å². The van der Waals surface area contributed by atoms with E-state index < -0.39 is 0 Å². The third-order valence-electron chi connectivity index (χ3n) is 14.9. The molecule has 0 spiro atoms. The lowest BCUT2D eigenvalue weighted by Gasteiger charge is -2.26. The Bertz CT molecular complexity index is 1160. The van der Waals surface area contributed by atoms with Crippen LogP contribution in [-0.4, -0.2) is 91.4 Å². The minimum Gasteiger partial charge on any atom is -0.466 e. The molecule has 72 heavy (non-hydrogen) atoms. The van der Waals surface area contributed by atoms with Crippen molar-refractivity contribution in [2.24, 2.45) is 0 Å². The van der Waals surface area contributed by atoms with Gasteiger partial charge in [0.15, 0.2) is 0 Å². The van der Waals surface area contributed by atoms with E-state index in [0.717, 1.165) is 180 Å². The molecule has 0 bridgehead atoms. The lowest BCUT2D eigenvalue weighted by molar-refractivity contribution is -0.151. The molecule has 1 rings (SSSR count). The van der Waals surface area contributed by atoms with Gasteiger partial charge in [0.1, 0.15) is 18.3 Å². The summed E-state index contributed by atoms with van der Waals surface area (Å²) in [5, 5.41) is 0. The average Bonchev–Trinajstić information content (AvgIpc) is 3.90. The molecule has 1 heterocycles. The number of hydrogen-bond donors (Lipinski definition) is 0. The van der Waals surface area contributed by atoms with Crippen molar-refractivity contribution in [3.05, 3.63) is 0 Å². The molecule has 10 heteroatoms. The highest BCUT2D eigenvalue weighted by molar-refractivity contribution is 5.70. The third-order valence-corrected chi connectivity index (χ3v) is 14.9. The zero-order valence-corrected chi connectivity index (χ0v) is 48.2. The van der Waals surface area contributed by atoms with Crippen molar-refractivity contribution in [2.75, 3.05) is 39.3 Å². The Kier molecular flexibility index (Phi) is 47.7. The SMILES string of the molecule is CCCCCCC(CCCCCC)OC(=O)CCCCCCCCC(CCCCCCCCC(=O)OC(CCCCCC)CCCCCC)OC(=O)N(CCCCCC(=O)OCC)CCCCN1CCCC1. The Balaban J connectivity index is 2.70. The molecule has 0 aliphatic carbocycles. The minimum atomic E-state index is -0.182. The summed E-state index contributed by atoms with van der Waals surface area (Å²) in [6, 6.07) is 0. The average molecular weight is 1020 g/mol. The van der Waals surface area contributed by atoms with Gasteiger partial charge in [0, 0.05) is 32.4 Å². The molecule has 10 nitrogen and oxygen atoms in total. The van der Waals surface area contributed by atoms with Gasteiger partial charge in [0.05, 0.1) is 6.61 Å². The van der Waals surface area contributed by atoms with Crippen molar-refractivity contribution in [1.29, 1.82) is 0 Å². The van der Waals surface area contributed by atoms with Crippen molar-refractivity contribution in [3.63, 3.8) is 0 Å². The van der Waals surface area contributed by atoms with E-state index in [2.05, 4.69) is 32.6 Å². The fourth-order valence-corrected chi connectivity index (χ4v) is 10.3. The zero-order valence-electron chi connectivity index (χ0n) is 48.2. The first-order valence-electron chi connectivity index (χ1n) is 31.5. The van der Waals surface area contributed by atoms with Gasteiger partial charge in [-0.15, -0.1) is 0 Å². The van der Waals surface area contributed by atoms with Gasteiger partial charge in [-0.25, -0.2) is 4.79 Å². The molecule has 424 valence electrons. The van der Waals surface area contributed by atoms with E-state index in [9.17, 15) is 19.2 Å². The molecule has 1 aliphatic rings. The summed E-state index contributed by atoms with van der Waals surface area (Å²) >= 11 is 0. The Hall–Kier alpha value is -2.36. The molecule has 0 saturated carbocycles. The van der Waals surface area contributed by atoms with Crippen LogP contribution < -0.4 is 0 Å². The number of ether oxygens (including phenoxy) is 4. The van der Waals surface area contributed by atoms with Crippen LogP contribution in [0.1, 0.15) is 317 Å². The molecule has 1 saturated heterocycles. The van der Waals surface area contributed by atoms with Crippen LogP contribution in [0.25, 0.3) is 0 Å². The second-order valence-electron chi connectivity index (χ2n) is 21.8. The maximum absolute atomic E-state index is 14.0. The van der Waals surface area contributed by atoms with E-state index in [1.807, 2.05) is 11.8 Å². The molecule has 0 aromatic rings. The molecule has 0 unspecified atom stereocenters. The quantitative estimate of drug-likeness (QED) is 0.0334. The minimum absolute atomic E-state index is 0.0158. The molecule has 0 radical (unpaired) electrons. The summed E-state index contributed by atoms with van der Waals surface area (Å²) < 4.78 is 23.6. The summed E-state index contributed by atoms with van der Waals surface area (Å²) in [7, 11) is 0. The fraction of sp³-hybridized carbons (Fsp3) is 0.935. The lowest BCUT2D eigenvalue weighted by Crippen LogP contribution is -2.36. The number of amides is 1. The van der Waals surface area contributed by atoms with Crippen LogP contribution in [0.15, 0.2) is 0 Å². The van der Waals surface area contributed by atoms with Gasteiger partial charge in [-0.1, -0.05) is 163 Å². The van der Waals surface area contributed by atoms with Crippen LogP contribution in [0.3, 0.4) is 0 Å². The first-order chi connectivity index (χ1) is 35.3. The van der Waals surface area contributed by atoms with Crippen molar-refractivity contribution < 1.29 is 38.1 Å². The first-order valence-corrected chi connectivity index (χ1v) is 31.5. The van der Waals surface area contributed by atoms with Gasteiger partial charge >= 0.3 is 24.0 Å². The van der Waals surface area contributed by atoms with Crippen LogP contribution >= 0.6 is 0 Å². The fourth-order valence-electron chi connectivity index (χ4n) is 10.3. The number of rotatable bonds is 53. The first kappa shape index (κ1) is 67.7. The molecule has 1 aliphatic heterocycles. The molecule has 0 atom stereocenters. The highest BCUT2D eigenvalue weighted by Gasteiger charge is 2.21. The number of carbonyl (C=O) groups excluding carboxylic acids is 4. The van der Waals surface area contributed by atoms with Crippen molar-refractivity contribution in [3.8, 4) is 0 Å². The monoisotopic (exact) mass is 1020 g/mol. The van der Waals surface area contributed by atoms with Gasteiger partial charge in [-0.2, -0.15) is 0 Å². The van der Waals surface area contributed by atoms with E-state index in [1.54, 1.807) is 0 Å². The Morgan fingerprint density at radius 3 is 1.08 bits per heavy atom. The van der Waals surface area contributed by atoms with E-state index in [4.69, 9.17) is 18.9 Å². The van der Waals surface area contributed by atoms with Gasteiger partial charge < -0.3 is 28.7 Å². The standard InChI is InChI=1S/C62H118N2O8/c1-6-11-15-28-42-56(43-29-16-12-7-2)70-60(66)49-34-25-21-19-23-32-46-58(47-33-24-20-22-26-35-50-61(67)71-57(44-30-17-13-8-3)45-31-18-14-9-4)72-62(68)64(54-37-27-36-48-59(65)69-10-5)55-41-40-53-63-51-38-39-52-63/h56-58H,6-55H2,1-5H3. The Morgan fingerprint density at radius 1 is 0.375 bits per heavy atom. The summed E-state index contributed by atoms with van der Waals surface area (Å²) in [6.07, 6.45) is 46.1. The van der Waals surface area contributed by atoms with Crippen LogP contribution in [0.2, 0.25) is 0 Å². The van der Waals surface area contributed by atoms with Crippen molar-refractivity contribution in [2.45, 2.75) is 335 Å². The largest absolute Gasteiger partial charge is 0.466 e. The number of esters is 3. The smallest absolute Gasteiger partial charge is 0.410 e. The van der Waals surface area contributed by atoms with Gasteiger partial charge in [-0.3, -0.25) is 14.4 Å². The van der Waals surface area contributed by atoms with Crippen molar-refractivity contribution in [1.82, 2.24) is 9.80 Å². The van der Waals surface area contributed by atoms with Crippen LogP contribution in [0.4, 0.5) is 4.79 Å². The summed E-state index contributed by atoms with van der Waals surface area (Å²) in [4.78, 5) is 56.1. The van der Waals surface area contributed by atoms with E-state index in [0.29, 0.717) is 39.0 Å². The molecule has 1 fully saturated rings. The molecular formula is C62H118N2O8. The number of unbranched alkanes of at least 4 members (excludes halogenated alkanes) is 25. The predicted octanol–water partition coefficient (Wildman–Crippen LogP) is 17.7. The molecule has 0 aromatic heterocycles. The normalized spacial score (nSPS) is 12.9. The highest BCUT2D eigenvalue weighted by Crippen LogP contribution is 2.22. The third kappa shape index (κ3) is 41.9. The van der Waals surface area contributed by atoms with Crippen LogP contribution in [0.5, 0.6) is 0 Å². The van der Waals surface area contributed by atoms with Crippen LogP contribution in [0, 0.1) is 0 Å². The Labute approximate surface area is 445 Å². The van der Waals surface area contributed by atoms with E-state index in [1.165, 1.54) is 103 Å². The molecule has 0 aromatic carbocycles. The maximum Gasteiger partial charge on any atom is 0.410 e. The predicted molar refractivity (Wildman–Crippen MR) is 301 cm³/mol. The van der Waals surface area contributed by atoms with E-state index in [-0.39, 0.29) is 42.3 Å². The second kappa shape index (κ2) is 50.8. The topological polar surface area (TPSA) is 112 Å². The molecular weight excluding hydrogens is 901 g/mol.